The lowest BCUT2D eigenvalue weighted by Crippen LogP contribution is -2.39. The molecule has 0 radical (unpaired) electrons. The van der Waals surface area contributed by atoms with Crippen LogP contribution in [0.15, 0.2) is 53.7 Å². The number of aryl methyl sites for hydroxylation is 2. The van der Waals surface area contributed by atoms with E-state index in [0.29, 0.717) is 10.6 Å². The number of azo groups is 1. The number of halogens is 1. The summed E-state index contributed by atoms with van der Waals surface area (Å²) in [5.74, 6) is -0.769. The Balaban J connectivity index is 1.87. The minimum absolute atomic E-state index is 0.0165. The fourth-order valence-electron chi connectivity index (χ4n) is 3.43. The van der Waals surface area contributed by atoms with E-state index >= 15 is 0 Å². The normalized spacial score (nSPS) is 11.7. The molecule has 0 fully saturated rings. The van der Waals surface area contributed by atoms with Gasteiger partial charge in [-0.1, -0.05) is 23.7 Å². The van der Waals surface area contributed by atoms with Crippen molar-refractivity contribution in [2.75, 3.05) is 0 Å². The van der Waals surface area contributed by atoms with Crippen LogP contribution in [0.25, 0.3) is 11.2 Å². The van der Waals surface area contributed by atoms with E-state index in [0.717, 1.165) is 13.7 Å². The molecule has 176 valence electrons. The summed E-state index contributed by atoms with van der Waals surface area (Å²) in [6.07, 6.45) is 0. The lowest BCUT2D eigenvalue weighted by molar-refractivity contribution is 0.413. The highest BCUT2D eigenvalue weighted by molar-refractivity contribution is 6.30. The van der Waals surface area contributed by atoms with Gasteiger partial charge in [0.2, 0.25) is 11.6 Å². The molecule has 0 spiro atoms. The van der Waals surface area contributed by atoms with Crippen LogP contribution in [0.4, 0.5) is 11.6 Å². The maximum Gasteiger partial charge on any atom is 0.333 e. The van der Waals surface area contributed by atoms with E-state index in [-0.39, 0.29) is 23.7 Å². The highest BCUT2D eigenvalue weighted by atomic mass is 35.5. The molecule has 0 bridgehead atoms. The molecule has 4 aromatic rings. The van der Waals surface area contributed by atoms with E-state index in [1.807, 2.05) is 0 Å². The highest BCUT2D eigenvalue weighted by Crippen LogP contribution is 2.23. The van der Waals surface area contributed by atoms with Crippen molar-refractivity contribution in [1.82, 2.24) is 27.8 Å². The predicted octanol–water partition coefficient (Wildman–Crippen LogP) is 0.654. The fourth-order valence-corrected chi connectivity index (χ4v) is 3.56. The molecule has 3 heterocycles. The predicted molar refractivity (Wildman–Crippen MR) is 124 cm³/mol. The third-order valence-electron chi connectivity index (χ3n) is 5.44. The number of hydrogen-bond acceptors (Lipinski definition) is 8. The van der Waals surface area contributed by atoms with Crippen molar-refractivity contribution < 1.29 is 5.11 Å². The Morgan fingerprint density at radius 3 is 2.15 bits per heavy atom. The molecule has 1 aromatic carbocycles. The number of rotatable bonds is 4. The quantitative estimate of drug-likeness (QED) is 0.418. The second kappa shape index (κ2) is 8.26. The van der Waals surface area contributed by atoms with Crippen LogP contribution in [0.1, 0.15) is 5.56 Å². The Hall–Kier alpha value is -4.26. The lowest BCUT2D eigenvalue weighted by atomic mass is 10.2. The van der Waals surface area contributed by atoms with Crippen molar-refractivity contribution in [2.45, 2.75) is 6.54 Å². The summed E-state index contributed by atoms with van der Waals surface area (Å²) in [5, 5.41) is 18.3. The third kappa shape index (κ3) is 3.55. The summed E-state index contributed by atoms with van der Waals surface area (Å²) in [5.41, 5.74) is -2.40. The van der Waals surface area contributed by atoms with Crippen molar-refractivity contribution in [3.63, 3.8) is 0 Å². The molecule has 13 nitrogen and oxygen atoms in total. The molecule has 3 aromatic heterocycles. The Morgan fingerprint density at radius 1 is 0.853 bits per heavy atom. The molecule has 34 heavy (non-hydrogen) atoms. The first-order valence-electron chi connectivity index (χ1n) is 9.84. The maximum atomic E-state index is 13.2. The zero-order valence-corrected chi connectivity index (χ0v) is 19.3. The molecule has 0 unspecified atom stereocenters. The molecule has 0 atom stereocenters. The van der Waals surface area contributed by atoms with Crippen molar-refractivity contribution in [3.8, 4) is 5.88 Å². The van der Waals surface area contributed by atoms with Crippen molar-refractivity contribution in [2.24, 2.45) is 38.4 Å². The molecule has 0 amide bonds. The molecular weight excluding hydrogens is 468 g/mol. The van der Waals surface area contributed by atoms with E-state index in [1.54, 1.807) is 24.3 Å². The minimum Gasteiger partial charge on any atom is -0.493 e. The van der Waals surface area contributed by atoms with E-state index in [1.165, 1.54) is 37.3 Å². The molecule has 1 N–H and O–H groups in total. The molecule has 0 aliphatic rings. The van der Waals surface area contributed by atoms with Gasteiger partial charge in [-0.05, 0) is 17.7 Å². The molecule has 0 saturated carbocycles. The molecular formula is C20H19ClN8O5. The summed E-state index contributed by atoms with van der Waals surface area (Å²) in [4.78, 5) is 54.5. The number of nitrogens with zero attached hydrogens (tertiary/aromatic N) is 8. The molecule has 0 aliphatic carbocycles. The number of imidazole rings is 1. The average Bonchev–Trinajstić information content (AvgIpc) is 3.15. The zero-order valence-electron chi connectivity index (χ0n) is 18.6. The van der Waals surface area contributed by atoms with Gasteiger partial charge in [-0.3, -0.25) is 27.9 Å². The van der Waals surface area contributed by atoms with Crippen LogP contribution in [0, 0.1) is 0 Å². The van der Waals surface area contributed by atoms with E-state index < -0.39 is 34.1 Å². The van der Waals surface area contributed by atoms with Gasteiger partial charge in [0.05, 0.1) is 6.54 Å². The second-order valence-corrected chi connectivity index (χ2v) is 8.02. The number of aromatic nitrogens is 6. The van der Waals surface area contributed by atoms with Crippen LogP contribution in [0.5, 0.6) is 5.88 Å². The topological polar surface area (TPSA) is 151 Å². The van der Waals surface area contributed by atoms with Crippen molar-refractivity contribution in [1.29, 1.82) is 0 Å². The second-order valence-electron chi connectivity index (χ2n) is 7.58. The van der Waals surface area contributed by atoms with Gasteiger partial charge in [-0.15, -0.1) is 10.2 Å². The number of benzene rings is 1. The standard InChI is InChI=1S/C20H19ClN8O5/c1-25-13-14(22-18(25)24-23-12-15(30)27(3)19(33)28(4)16(12)31)26(2)20(34)29(17(13)32)9-10-5-7-11(21)8-6-10/h5-8,30H,9H2,1-4H3. The average molecular weight is 487 g/mol. The van der Waals surface area contributed by atoms with Gasteiger partial charge in [0.15, 0.2) is 11.2 Å². The van der Waals surface area contributed by atoms with Gasteiger partial charge < -0.3 is 9.67 Å². The monoisotopic (exact) mass is 486 g/mol. The van der Waals surface area contributed by atoms with Crippen LogP contribution in [0.2, 0.25) is 5.02 Å². The van der Waals surface area contributed by atoms with Gasteiger partial charge in [-0.2, -0.15) is 4.98 Å². The van der Waals surface area contributed by atoms with E-state index in [2.05, 4.69) is 15.2 Å². The summed E-state index contributed by atoms with van der Waals surface area (Å²) in [6, 6.07) is 6.74. The summed E-state index contributed by atoms with van der Waals surface area (Å²) >= 11 is 5.90. The Bertz CT molecular complexity index is 1720. The lowest BCUT2D eigenvalue weighted by Gasteiger charge is -2.08. The fraction of sp³-hybridized carbons (Fsp3) is 0.250. The molecule has 0 aliphatic heterocycles. The van der Waals surface area contributed by atoms with Crippen LogP contribution in [-0.4, -0.2) is 32.9 Å². The van der Waals surface area contributed by atoms with Gasteiger partial charge in [-0.25, -0.2) is 9.59 Å². The number of hydrogen-bond donors (Lipinski definition) is 1. The largest absolute Gasteiger partial charge is 0.493 e. The maximum absolute atomic E-state index is 13.2. The number of aromatic hydroxyl groups is 1. The SMILES string of the molecule is Cn1c(O)c(N=Nc2nc3c(c(=O)n(Cc4ccc(Cl)cc4)c(=O)n3C)n2C)c(=O)n(C)c1=O. The smallest absolute Gasteiger partial charge is 0.333 e. The van der Waals surface area contributed by atoms with Crippen LogP contribution in [-0.2, 0) is 34.7 Å². The van der Waals surface area contributed by atoms with E-state index in [9.17, 15) is 24.3 Å². The zero-order chi connectivity index (χ0) is 24.9. The van der Waals surface area contributed by atoms with Gasteiger partial charge in [0.25, 0.3) is 17.1 Å². The Morgan fingerprint density at radius 2 is 1.50 bits per heavy atom. The first-order valence-corrected chi connectivity index (χ1v) is 10.2. The van der Waals surface area contributed by atoms with Crippen LogP contribution in [0.3, 0.4) is 0 Å². The summed E-state index contributed by atoms with van der Waals surface area (Å²) in [6.45, 7) is 0.0165. The first kappa shape index (κ1) is 22.9. The van der Waals surface area contributed by atoms with Crippen molar-refractivity contribution >= 4 is 34.4 Å². The first-order chi connectivity index (χ1) is 16.0. The molecule has 14 heteroatoms. The van der Waals surface area contributed by atoms with Gasteiger partial charge >= 0.3 is 11.4 Å². The van der Waals surface area contributed by atoms with Crippen LogP contribution < -0.4 is 22.5 Å². The van der Waals surface area contributed by atoms with Crippen molar-refractivity contribution in [3.05, 3.63) is 76.5 Å². The van der Waals surface area contributed by atoms with Crippen LogP contribution >= 0.6 is 11.6 Å². The van der Waals surface area contributed by atoms with Gasteiger partial charge in [0, 0.05) is 33.2 Å². The highest BCUT2D eigenvalue weighted by Gasteiger charge is 2.20. The Labute approximate surface area is 195 Å². The molecule has 4 rings (SSSR count). The number of fused-ring (bicyclic) bond motifs is 1. The van der Waals surface area contributed by atoms with Gasteiger partial charge in [0.1, 0.15) is 0 Å². The minimum atomic E-state index is -0.860. The molecule has 0 saturated heterocycles. The summed E-state index contributed by atoms with van der Waals surface area (Å²) < 4.78 is 5.19. The third-order valence-corrected chi connectivity index (χ3v) is 5.69. The Kier molecular flexibility index (Phi) is 5.57. The summed E-state index contributed by atoms with van der Waals surface area (Å²) in [7, 11) is 5.47. The van der Waals surface area contributed by atoms with E-state index in [4.69, 9.17) is 11.6 Å².